The summed E-state index contributed by atoms with van der Waals surface area (Å²) in [7, 11) is 0. The number of nitrogens with one attached hydrogen (secondary N) is 1. The van der Waals surface area contributed by atoms with Crippen molar-refractivity contribution >= 4 is 23.4 Å². The lowest BCUT2D eigenvalue weighted by Gasteiger charge is -2.14. The predicted octanol–water partition coefficient (Wildman–Crippen LogP) is 1.72. The van der Waals surface area contributed by atoms with E-state index in [1.807, 2.05) is 24.3 Å². The SMILES string of the molecule is O=C1CC(NCc2cccc(Cl)c2)C(=O)N1C1CC1. The van der Waals surface area contributed by atoms with Crippen LogP contribution in [0.4, 0.5) is 0 Å². The van der Waals surface area contributed by atoms with Crippen molar-refractivity contribution in [3.05, 3.63) is 34.9 Å². The first-order valence-electron chi connectivity index (χ1n) is 6.49. The van der Waals surface area contributed by atoms with E-state index in [9.17, 15) is 9.59 Å². The van der Waals surface area contributed by atoms with Gasteiger partial charge in [0.15, 0.2) is 0 Å². The highest BCUT2D eigenvalue weighted by molar-refractivity contribution is 6.30. The highest BCUT2D eigenvalue weighted by atomic mass is 35.5. The molecule has 1 heterocycles. The molecule has 0 bridgehead atoms. The zero-order valence-corrected chi connectivity index (χ0v) is 11.2. The highest BCUT2D eigenvalue weighted by Gasteiger charge is 2.45. The quantitative estimate of drug-likeness (QED) is 0.853. The Morgan fingerprint density at radius 1 is 1.32 bits per heavy atom. The lowest BCUT2D eigenvalue weighted by Crippen LogP contribution is -2.39. The first-order valence-corrected chi connectivity index (χ1v) is 6.86. The van der Waals surface area contributed by atoms with Crippen molar-refractivity contribution in [3.8, 4) is 0 Å². The Bertz CT molecular complexity index is 528. The molecular weight excluding hydrogens is 264 g/mol. The normalized spacial score (nSPS) is 23.2. The van der Waals surface area contributed by atoms with Crippen LogP contribution < -0.4 is 5.32 Å². The molecule has 1 saturated carbocycles. The van der Waals surface area contributed by atoms with E-state index in [0.717, 1.165) is 18.4 Å². The number of amides is 2. The van der Waals surface area contributed by atoms with Crippen molar-refractivity contribution in [3.63, 3.8) is 0 Å². The largest absolute Gasteiger partial charge is 0.301 e. The van der Waals surface area contributed by atoms with E-state index in [4.69, 9.17) is 11.6 Å². The smallest absolute Gasteiger partial charge is 0.247 e. The van der Waals surface area contributed by atoms with Crippen molar-refractivity contribution in [2.24, 2.45) is 0 Å². The molecule has 1 N–H and O–H groups in total. The van der Waals surface area contributed by atoms with E-state index in [1.165, 1.54) is 4.90 Å². The average molecular weight is 279 g/mol. The number of carbonyl (C=O) groups is 2. The molecule has 1 unspecified atom stereocenters. The average Bonchev–Trinajstić information content (AvgIpc) is 3.15. The molecule has 3 rings (SSSR count). The number of hydrogen-bond acceptors (Lipinski definition) is 3. The number of carbonyl (C=O) groups excluding carboxylic acids is 2. The molecule has 2 fully saturated rings. The van der Waals surface area contributed by atoms with Crippen LogP contribution in [0.5, 0.6) is 0 Å². The molecular formula is C14H15ClN2O2. The number of hydrogen-bond donors (Lipinski definition) is 1. The lowest BCUT2D eigenvalue weighted by atomic mass is 10.2. The van der Waals surface area contributed by atoms with Gasteiger partial charge in [0.05, 0.1) is 12.5 Å². The summed E-state index contributed by atoms with van der Waals surface area (Å²) in [6.07, 6.45) is 2.19. The Labute approximate surface area is 116 Å². The van der Waals surface area contributed by atoms with Gasteiger partial charge in [0.2, 0.25) is 11.8 Å². The van der Waals surface area contributed by atoms with Crippen LogP contribution in [0.1, 0.15) is 24.8 Å². The van der Waals surface area contributed by atoms with Gasteiger partial charge < -0.3 is 5.32 Å². The Hall–Kier alpha value is -1.39. The molecule has 5 heteroatoms. The molecule has 1 aromatic rings. The van der Waals surface area contributed by atoms with E-state index in [-0.39, 0.29) is 30.3 Å². The predicted molar refractivity (Wildman–Crippen MR) is 71.6 cm³/mol. The van der Waals surface area contributed by atoms with E-state index >= 15 is 0 Å². The van der Waals surface area contributed by atoms with E-state index < -0.39 is 0 Å². The number of halogens is 1. The molecule has 1 aliphatic carbocycles. The summed E-state index contributed by atoms with van der Waals surface area (Å²) < 4.78 is 0. The first kappa shape index (κ1) is 12.6. The van der Waals surface area contributed by atoms with Crippen LogP contribution in [0.15, 0.2) is 24.3 Å². The fourth-order valence-electron chi connectivity index (χ4n) is 2.41. The third kappa shape index (κ3) is 2.65. The van der Waals surface area contributed by atoms with Gasteiger partial charge in [0.25, 0.3) is 0 Å². The van der Waals surface area contributed by atoms with Crippen LogP contribution >= 0.6 is 11.6 Å². The molecule has 100 valence electrons. The van der Waals surface area contributed by atoms with E-state index in [2.05, 4.69) is 5.32 Å². The Morgan fingerprint density at radius 2 is 2.11 bits per heavy atom. The van der Waals surface area contributed by atoms with Gasteiger partial charge in [0, 0.05) is 17.6 Å². The van der Waals surface area contributed by atoms with Crippen LogP contribution in [-0.2, 0) is 16.1 Å². The van der Waals surface area contributed by atoms with Crippen LogP contribution in [0.2, 0.25) is 5.02 Å². The molecule has 1 aliphatic heterocycles. The van der Waals surface area contributed by atoms with Gasteiger partial charge >= 0.3 is 0 Å². The summed E-state index contributed by atoms with van der Waals surface area (Å²) in [5.74, 6) is -0.120. The maximum Gasteiger partial charge on any atom is 0.247 e. The third-order valence-corrected chi connectivity index (χ3v) is 3.77. The Morgan fingerprint density at radius 3 is 2.79 bits per heavy atom. The number of rotatable bonds is 4. The number of nitrogens with zero attached hydrogens (tertiary/aromatic N) is 1. The molecule has 4 nitrogen and oxygen atoms in total. The zero-order chi connectivity index (χ0) is 13.4. The second-order valence-electron chi connectivity index (χ2n) is 5.10. The molecule has 1 saturated heterocycles. The second-order valence-corrected chi connectivity index (χ2v) is 5.54. The summed E-state index contributed by atoms with van der Waals surface area (Å²) in [5.41, 5.74) is 1.01. The first-order chi connectivity index (χ1) is 9.15. The lowest BCUT2D eigenvalue weighted by molar-refractivity contribution is -0.139. The summed E-state index contributed by atoms with van der Waals surface area (Å²) >= 11 is 5.91. The molecule has 0 radical (unpaired) electrons. The summed E-state index contributed by atoms with van der Waals surface area (Å²) in [4.78, 5) is 25.3. The van der Waals surface area contributed by atoms with Crippen molar-refractivity contribution < 1.29 is 9.59 Å². The second kappa shape index (κ2) is 4.94. The number of imide groups is 1. The minimum absolute atomic E-state index is 0.0453. The van der Waals surface area contributed by atoms with Crippen LogP contribution in [0, 0.1) is 0 Å². The van der Waals surface area contributed by atoms with Crippen LogP contribution in [0.3, 0.4) is 0 Å². The van der Waals surface area contributed by atoms with Gasteiger partial charge in [-0.1, -0.05) is 23.7 Å². The van der Waals surface area contributed by atoms with E-state index in [0.29, 0.717) is 11.6 Å². The minimum atomic E-state index is -0.382. The zero-order valence-electron chi connectivity index (χ0n) is 10.4. The van der Waals surface area contributed by atoms with Gasteiger partial charge in [-0.05, 0) is 30.5 Å². The Balaban J connectivity index is 1.61. The minimum Gasteiger partial charge on any atom is -0.301 e. The highest BCUT2D eigenvalue weighted by Crippen LogP contribution is 2.31. The topological polar surface area (TPSA) is 49.4 Å². The van der Waals surface area contributed by atoms with Gasteiger partial charge in [-0.15, -0.1) is 0 Å². The summed E-state index contributed by atoms with van der Waals surface area (Å²) in [6.45, 7) is 0.544. The van der Waals surface area contributed by atoms with Crippen LogP contribution in [0.25, 0.3) is 0 Å². The monoisotopic (exact) mass is 278 g/mol. The number of benzene rings is 1. The molecule has 19 heavy (non-hydrogen) atoms. The van der Waals surface area contributed by atoms with Gasteiger partial charge in [0.1, 0.15) is 0 Å². The fraction of sp³-hybridized carbons (Fsp3) is 0.429. The molecule has 2 aliphatic rings. The van der Waals surface area contributed by atoms with Gasteiger partial charge in [-0.3, -0.25) is 14.5 Å². The summed E-state index contributed by atoms with van der Waals surface area (Å²) in [6, 6.07) is 7.26. The fourth-order valence-corrected chi connectivity index (χ4v) is 2.63. The molecule has 1 aromatic carbocycles. The molecule has 1 atom stereocenters. The molecule has 0 aromatic heterocycles. The standard InChI is InChI=1S/C14H15ClN2O2/c15-10-3-1-2-9(6-10)8-16-12-7-13(18)17(14(12)19)11-4-5-11/h1-3,6,11-12,16H,4-5,7-8H2. The molecule has 2 amide bonds. The van der Waals surface area contributed by atoms with Gasteiger partial charge in [-0.2, -0.15) is 0 Å². The van der Waals surface area contributed by atoms with Crippen molar-refractivity contribution in [1.29, 1.82) is 0 Å². The maximum atomic E-state index is 12.1. The van der Waals surface area contributed by atoms with Gasteiger partial charge in [-0.25, -0.2) is 0 Å². The number of likely N-dealkylation sites (tertiary alicyclic amines) is 1. The van der Waals surface area contributed by atoms with Crippen molar-refractivity contribution in [1.82, 2.24) is 10.2 Å². The van der Waals surface area contributed by atoms with Crippen LogP contribution in [-0.4, -0.2) is 28.8 Å². The maximum absolute atomic E-state index is 12.1. The van der Waals surface area contributed by atoms with Crippen molar-refractivity contribution in [2.45, 2.75) is 37.9 Å². The molecule has 0 spiro atoms. The Kier molecular flexibility index (Phi) is 3.29. The third-order valence-electron chi connectivity index (χ3n) is 3.54. The van der Waals surface area contributed by atoms with Crippen molar-refractivity contribution in [2.75, 3.05) is 0 Å². The van der Waals surface area contributed by atoms with E-state index in [1.54, 1.807) is 0 Å². The summed E-state index contributed by atoms with van der Waals surface area (Å²) in [5, 5.41) is 3.82.